The molecule has 0 atom stereocenters. The predicted molar refractivity (Wildman–Crippen MR) is 76.8 cm³/mol. The molecule has 0 aliphatic carbocycles. The van der Waals surface area contributed by atoms with E-state index in [0.29, 0.717) is 5.82 Å². The van der Waals surface area contributed by atoms with E-state index in [1.54, 1.807) is 6.20 Å². The fourth-order valence-corrected chi connectivity index (χ4v) is 2.21. The second-order valence-corrected chi connectivity index (χ2v) is 4.68. The molecule has 0 radical (unpaired) electrons. The average Bonchev–Trinajstić information content (AvgIpc) is 3.06. The molecule has 102 valence electrons. The first kappa shape index (κ1) is 12.4. The van der Waals surface area contributed by atoms with Gasteiger partial charge in [-0.05, 0) is 24.1 Å². The van der Waals surface area contributed by atoms with Crippen molar-refractivity contribution in [1.82, 2.24) is 24.3 Å². The van der Waals surface area contributed by atoms with Crippen LogP contribution in [0.5, 0.6) is 0 Å². The molecule has 0 spiro atoms. The first-order chi connectivity index (χ1) is 9.74. The molecular weight excluding hydrogens is 252 g/mol. The number of aromatic nitrogens is 5. The van der Waals surface area contributed by atoms with Gasteiger partial charge in [0.05, 0.1) is 24.4 Å². The van der Waals surface area contributed by atoms with Gasteiger partial charge in [0.15, 0.2) is 0 Å². The number of nitrogens with zero attached hydrogens (tertiary/aromatic N) is 5. The summed E-state index contributed by atoms with van der Waals surface area (Å²) in [5, 5.41) is 4.17. The number of pyridine rings is 1. The van der Waals surface area contributed by atoms with Gasteiger partial charge in [-0.15, -0.1) is 0 Å². The van der Waals surface area contributed by atoms with Crippen molar-refractivity contribution in [3.63, 3.8) is 0 Å². The molecule has 0 fully saturated rings. The highest BCUT2D eigenvalue weighted by Crippen LogP contribution is 2.23. The molecule has 0 aliphatic rings. The van der Waals surface area contributed by atoms with E-state index in [4.69, 9.17) is 5.73 Å². The molecule has 0 aliphatic heterocycles. The summed E-state index contributed by atoms with van der Waals surface area (Å²) in [6.45, 7) is 0.829. The molecule has 6 heteroatoms. The summed E-state index contributed by atoms with van der Waals surface area (Å²) in [6, 6.07) is 3.84. The number of hydrogen-bond acceptors (Lipinski definition) is 4. The van der Waals surface area contributed by atoms with Crippen LogP contribution in [-0.2, 0) is 20.0 Å². The van der Waals surface area contributed by atoms with Crippen molar-refractivity contribution < 1.29 is 0 Å². The summed E-state index contributed by atoms with van der Waals surface area (Å²) in [4.78, 5) is 8.34. The maximum Gasteiger partial charge on any atom is 0.132 e. The largest absolute Gasteiger partial charge is 0.383 e. The summed E-state index contributed by atoms with van der Waals surface area (Å²) < 4.78 is 3.89. The molecule has 3 aromatic rings. The highest BCUT2D eigenvalue weighted by atomic mass is 15.2. The molecule has 2 N–H and O–H groups in total. The van der Waals surface area contributed by atoms with Gasteiger partial charge in [0.25, 0.3) is 0 Å². The molecule has 0 aromatic carbocycles. The Morgan fingerprint density at radius 2 is 2.20 bits per heavy atom. The number of imidazole rings is 1. The lowest BCUT2D eigenvalue weighted by Gasteiger charge is -2.08. The summed E-state index contributed by atoms with van der Waals surface area (Å²) in [6.07, 6.45) is 10.1. The number of hydrogen-bond donors (Lipinski definition) is 1. The standard InChI is InChI=1S/C14H16N6/c1-19-9-11(7-18-19)4-6-20-10-16-8-13(20)12-3-2-5-17-14(12)15/h2-3,5,7-10H,4,6H2,1H3,(H2,15,17). The van der Waals surface area contributed by atoms with Crippen LogP contribution in [0.15, 0.2) is 43.2 Å². The first-order valence-electron chi connectivity index (χ1n) is 6.42. The lowest BCUT2D eigenvalue weighted by Crippen LogP contribution is -2.03. The summed E-state index contributed by atoms with van der Waals surface area (Å²) >= 11 is 0. The topological polar surface area (TPSA) is 74.5 Å². The molecule has 0 unspecified atom stereocenters. The number of aryl methyl sites for hydroxylation is 3. The van der Waals surface area contributed by atoms with Crippen LogP contribution in [0.2, 0.25) is 0 Å². The smallest absolute Gasteiger partial charge is 0.132 e. The SMILES string of the molecule is Cn1cc(CCn2cncc2-c2cccnc2N)cn1. The van der Waals surface area contributed by atoms with Crippen LogP contribution in [0.4, 0.5) is 5.82 Å². The van der Waals surface area contributed by atoms with Crippen molar-refractivity contribution in [3.8, 4) is 11.3 Å². The van der Waals surface area contributed by atoms with Gasteiger partial charge in [-0.25, -0.2) is 9.97 Å². The van der Waals surface area contributed by atoms with Crippen molar-refractivity contribution in [2.45, 2.75) is 13.0 Å². The van der Waals surface area contributed by atoms with Gasteiger partial charge in [-0.3, -0.25) is 4.68 Å². The zero-order valence-electron chi connectivity index (χ0n) is 11.3. The first-order valence-corrected chi connectivity index (χ1v) is 6.42. The van der Waals surface area contributed by atoms with E-state index in [0.717, 1.165) is 24.2 Å². The second kappa shape index (κ2) is 5.16. The summed E-state index contributed by atoms with van der Waals surface area (Å²) in [5.41, 5.74) is 9.02. The highest BCUT2D eigenvalue weighted by Gasteiger charge is 2.09. The molecule has 3 heterocycles. The third kappa shape index (κ3) is 2.40. The Kier molecular flexibility index (Phi) is 3.20. The van der Waals surface area contributed by atoms with Crippen LogP contribution < -0.4 is 5.73 Å². The van der Waals surface area contributed by atoms with E-state index in [2.05, 4.69) is 19.6 Å². The van der Waals surface area contributed by atoms with Gasteiger partial charge in [-0.1, -0.05) is 0 Å². The number of anilines is 1. The Balaban J connectivity index is 1.82. The van der Waals surface area contributed by atoms with Gasteiger partial charge in [0.2, 0.25) is 0 Å². The molecule has 0 saturated heterocycles. The van der Waals surface area contributed by atoms with Crippen molar-refractivity contribution in [2.24, 2.45) is 7.05 Å². The van der Waals surface area contributed by atoms with Crippen LogP contribution in [0.1, 0.15) is 5.56 Å². The maximum atomic E-state index is 5.93. The molecule has 0 saturated carbocycles. The summed E-state index contributed by atoms with van der Waals surface area (Å²) in [7, 11) is 1.92. The fraction of sp³-hybridized carbons (Fsp3) is 0.214. The van der Waals surface area contributed by atoms with Crippen LogP contribution >= 0.6 is 0 Å². The molecule has 6 nitrogen and oxygen atoms in total. The lowest BCUT2D eigenvalue weighted by atomic mass is 10.2. The zero-order valence-corrected chi connectivity index (χ0v) is 11.3. The van der Waals surface area contributed by atoms with Gasteiger partial charge >= 0.3 is 0 Å². The van der Waals surface area contributed by atoms with E-state index in [1.807, 2.05) is 48.8 Å². The zero-order chi connectivity index (χ0) is 13.9. The normalized spacial score (nSPS) is 10.8. The minimum absolute atomic E-state index is 0.524. The van der Waals surface area contributed by atoms with Gasteiger partial charge in [0, 0.05) is 31.5 Å². The van der Waals surface area contributed by atoms with Crippen molar-refractivity contribution >= 4 is 5.82 Å². The number of rotatable bonds is 4. The highest BCUT2D eigenvalue weighted by molar-refractivity contribution is 5.70. The van der Waals surface area contributed by atoms with Crippen molar-refractivity contribution in [2.75, 3.05) is 5.73 Å². The fourth-order valence-electron chi connectivity index (χ4n) is 2.21. The van der Waals surface area contributed by atoms with Crippen molar-refractivity contribution in [1.29, 1.82) is 0 Å². The van der Waals surface area contributed by atoms with Crippen molar-refractivity contribution in [3.05, 3.63) is 48.8 Å². The van der Waals surface area contributed by atoms with E-state index < -0.39 is 0 Å². The molecule has 0 amide bonds. The number of nitrogens with two attached hydrogens (primary N) is 1. The number of nitrogen functional groups attached to an aromatic ring is 1. The third-order valence-electron chi connectivity index (χ3n) is 3.23. The molecule has 3 rings (SSSR count). The molecule has 20 heavy (non-hydrogen) atoms. The van der Waals surface area contributed by atoms with E-state index in [1.165, 1.54) is 5.56 Å². The monoisotopic (exact) mass is 268 g/mol. The van der Waals surface area contributed by atoms with Crippen LogP contribution in [0.3, 0.4) is 0 Å². The molecule has 0 bridgehead atoms. The van der Waals surface area contributed by atoms with Gasteiger partial charge < -0.3 is 10.3 Å². The van der Waals surface area contributed by atoms with Crippen LogP contribution in [-0.4, -0.2) is 24.3 Å². The predicted octanol–water partition coefficient (Wildman–Crippen LogP) is 1.50. The third-order valence-corrected chi connectivity index (χ3v) is 3.23. The molecular formula is C14H16N6. The van der Waals surface area contributed by atoms with Crippen LogP contribution in [0, 0.1) is 0 Å². The minimum Gasteiger partial charge on any atom is -0.383 e. The van der Waals surface area contributed by atoms with Gasteiger partial charge in [-0.2, -0.15) is 5.10 Å². The maximum absolute atomic E-state index is 5.93. The minimum atomic E-state index is 0.524. The Bertz CT molecular complexity index is 712. The van der Waals surface area contributed by atoms with Crippen LogP contribution in [0.25, 0.3) is 11.3 Å². The Labute approximate surface area is 116 Å². The Morgan fingerprint density at radius 1 is 1.30 bits per heavy atom. The quantitative estimate of drug-likeness (QED) is 0.778. The summed E-state index contributed by atoms with van der Waals surface area (Å²) in [5.74, 6) is 0.524. The molecule has 3 aromatic heterocycles. The average molecular weight is 268 g/mol. The Hall–Kier alpha value is -2.63. The van der Waals surface area contributed by atoms with E-state index >= 15 is 0 Å². The van der Waals surface area contributed by atoms with E-state index in [9.17, 15) is 0 Å². The lowest BCUT2D eigenvalue weighted by molar-refractivity contribution is 0.700. The second-order valence-electron chi connectivity index (χ2n) is 4.68. The Morgan fingerprint density at radius 3 is 2.95 bits per heavy atom. The van der Waals surface area contributed by atoms with E-state index in [-0.39, 0.29) is 0 Å². The van der Waals surface area contributed by atoms with Gasteiger partial charge in [0.1, 0.15) is 5.82 Å².